The minimum Gasteiger partial charge on any atom is -0.307 e. The predicted molar refractivity (Wildman–Crippen MR) is 110 cm³/mol. The Balaban J connectivity index is 1.79. The maximum Gasteiger partial charge on any atom is 0.273 e. The van der Waals surface area contributed by atoms with Crippen molar-refractivity contribution in [1.29, 1.82) is 0 Å². The molecule has 9 heteroatoms. The SMILES string of the molecule is CCCN1C(=O)c2ccccc2N2C(=O)CCC12C(=O)Nc1nnc(C(C)C)s1. The van der Waals surface area contributed by atoms with E-state index in [1.54, 1.807) is 29.2 Å². The van der Waals surface area contributed by atoms with Gasteiger partial charge < -0.3 is 4.90 Å². The molecule has 2 aliphatic rings. The molecule has 0 radical (unpaired) electrons. The summed E-state index contributed by atoms with van der Waals surface area (Å²) >= 11 is 1.30. The molecule has 0 aliphatic carbocycles. The zero-order valence-corrected chi connectivity index (χ0v) is 17.5. The van der Waals surface area contributed by atoms with E-state index in [4.69, 9.17) is 0 Å². The summed E-state index contributed by atoms with van der Waals surface area (Å²) in [5.74, 6) is -0.628. The van der Waals surface area contributed by atoms with Crippen LogP contribution in [0.5, 0.6) is 0 Å². The van der Waals surface area contributed by atoms with E-state index in [1.165, 1.54) is 16.2 Å². The number of carbonyl (C=O) groups is 3. The fraction of sp³-hybridized carbons (Fsp3) is 0.450. The van der Waals surface area contributed by atoms with E-state index in [0.29, 0.717) is 29.3 Å². The number of amides is 3. The zero-order valence-electron chi connectivity index (χ0n) is 16.6. The molecule has 0 spiro atoms. The number of fused-ring (bicyclic) bond motifs is 3. The molecule has 152 valence electrons. The van der Waals surface area contributed by atoms with E-state index in [-0.39, 0.29) is 30.6 Å². The number of hydrogen-bond acceptors (Lipinski definition) is 6. The van der Waals surface area contributed by atoms with E-state index < -0.39 is 11.6 Å². The fourth-order valence-corrected chi connectivity index (χ4v) is 4.77. The van der Waals surface area contributed by atoms with Crippen LogP contribution < -0.4 is 10.2 Å². The van der Waals surface area contributed by atoms with Gasteiger partial charge in [-0.15, -0.1) is 10.2 Å². The summed E-state index contributed by atoms with van der Waals surface area (Å²) in [6, 6.07) is 6.97. The molecule has 1 unspecified atom stereocenters. The summed E-state index contributed by atoms with van der Waals surface area (Å²) in [6.07, 6.45) is 1.11. The third-order valence-corrected chi connectivity index (χ3v) is 6.48. The third-order valence-electron chi connectivity index (χ3n) is 5.34. The van der Waals surface area contributed by atoms with Gasteiger partial charge in [0.15, 0.2) is 0 Å². The number of para-hydroxylation sites is 1. The van der Waals surface area contributed by atoms with Gasteiger partial charge in [0, 0.05) is 25.3 Å². The Kier molecular flexibility index (Phi) is 4.85. The van der Waals surface area contributed by atoms with Crippen LogP contribution in [0, 0.1) is 0 Å². The molecule has 0 bridgehead atoms. The second-order valence-corrected chi connectivity index (χ2v) is 8.58. The first kappa shape index (κ1) is 19.5. The molecule has 1 fully saturated rings. The monoisotopic (exact) mass is 413 g/mol. The van der Waals surface area contributed by atoms with Gasteiger partial charge in [-0.25, -0.2) is 0 Å². The molecule has 1 aromatic carbocycles. The lowest BCUT2D eigenvalue weighted by Gasteiger charge is -2.48. The number of benzene rings is 1. The maximum atomic E-state index is 13.6. The number of carbonyl (C=O) groups excluding carboxylic acids is 3. The van der Waals surface area contributed by atoms with Crippen molar-refractivity contribution in [1.82, 2.24) is 15.1 Å². The zero-order chi connectivity index (χ0) is 20.8. The van der Waals surface area contributed by atoms with Crippen LogP contribution in [0.3, 0.4) is 0 Å². The van der Waals surface area contributed by atoms with Crippen LogP contribution in [-0.2, 0) is 9.59 Å². The van der Waals surface area contributed by atoms with Gasteiger partial charge in [-0.2, -0.15) is 0 Å². The number of hydrogen-bond donors (Lipinski definition) is 1. The first-order chi connectivity index (χ1) is 13.9. The van der Waals surface area contributed by atoms with E-state index in [1.807, 2.05) is 20.8 Å². The van der Waals surface area contributed by atoms with Gasteiger partial charge in [0.25, 0.3) is 11.8 Å². The smallest absolute Gasteiger partial charge is 0.273 e. The topological polar surface area (TPSA) is 95.5 Å². The number of aromatic nitrogens is 2. The third kappa shape index (κ3) is 2.91. The Morgan fingerprint density at radius 1 is 1.28 bits per heavy atom. The quantitative estimate of drug-likeness (QED) is 0.813. The lowest BCUT2D eigenvalue weighted by molar-refractivity contribution is -0.128. The highest BCUT2D eigenvalue weighted by atomic mass is 32.1. The average molecular weight is 414 g/mol. The summed E-state index contributed by atoms with van der Waals surface area (Å²) in [7, 11) is 0. The van der Waals surface area contributed by atoms with E-state index >= 15 is 0 Å². The van der Waals surface area contributed by atoms with E-state index in [9.17, 15) is 14.4 Å². The molecule has 0 saturated carbocycles. The lowest BCUT2D eigenvalue weighted by atomic mass is 9.95. The van der Waals surface area contributed by atoms with Crippen molar-refractivity contribution in [3.8, 4) is 0 Å². The Morgan fingerprint density at radius 2 is 2.03 bits per heavy atom. The van der Waals surface area contributed by atoms with Gasteiger partial charge in [-0.05, 0) is 18.6 Å². The van der Waals surface area contributed by atoms with Crippen molar-refractivity contribution in [2.75, 3.05) is 16.8 Å². The van der Waals surface area contributed by atoms with Crippen LogP contribution in [0.1, 0.15) is 61.3 Å². The molecule has 8 nitrogen and oxygen atoms in total. The fourth-order valence-electron chi connectivity index (χ4n) is 4.03. The highest BCUT2D eigenvalue weighted by Gasteiger charge is 2.60. The van der Waals surface area contributed by atoms with Crippen LogP contribution in [0.15, 0.2) is 24.3 Å². The number of anilines is 2. The summed E-state index contributed by atoms with van der Waals surface area (Å²) in [5, 5.41) is 12.2. The van der Waals surface area contributed by atoms with Gasteiger partial charge in [-0.3, -0.25) is 24.6 Å². The number of nitrogens with zero attached hydrogens (tertiary/aromatic N) is 4. The summed E-state index contributed by atoms with van der Waals surface area (Å²) in [6.45, 7) is 6.32. The highest BCUT2D eigenvalue weighted by Crippen LogP contribution is 2.45. The van der Waals surface area contributed by atoms with Crippen LogP contribution in [0.25, 0.3) is 0 Å². The van der Waals surface area contributed by atoms with Crippen molar-refractivity contribution in [3.63, 3.8) is 0 Å². The first-order valence-corrected chi connectivity index (χ1v) is 10.6. The Hall–Kier alpha value is -2.81. The summed E-state index contributed by atoms with van der Waals surface area (Å²) in [4.78, 5) is 42.8. The molecule has 2 aromatic rings. The Labute approximate surface area is 172 Å². The van der Waals surface area contributed by atoms with Crippen molar-refractivity contribution in [2.24, 2.45) is 0 Å². The lowest BCUT2D eigenvalue weighted by Crippen LogP contribution is -2.69. The van der Waals surface area contributed by atoms with Gasteiger partial charge in [0.05, 0.1) is 11.3 Å². The largest absolute Gasteiger partial charge is 0.307 e. The van der Waals surface area contributed by atoms with E-state index in [2.05, 4.69) is 15.5 Å². The molecular formula is C20H23N5O3S. The molecule has 2 aliphatic heterocycles. The Morgan fingerprint density at radius 3 is 2.72 bits per heavy atom. The molecule has 4 rings (SSSR count). The van der Waals surface area contributed by atoms with Crippen LogP contribution in [0.4, 0.5) is 10.8 Å². The van der Waals surface area contributed by atoms with Crippen molar-refractivity contribution in [3.05, 3.63) is 34.8 Å². The van der Waals surface area contributed by atoms with Gasteiger partial charge in [0.2, 0.25) is 16.7 Å². The van der Waals surface area contributed by atoms with Gasteiger partial charge in [-0.1, -0.05) is 44.2 Å². The molecule has 29 heavy (non-hydrogen) atoms. The molecule has 1 saturated heterocycles. The standard InChI is InChI=1S/C20H23N5O3S/c1-4-11-24-17(27)13-7-5-6-8-14(13)25-15(26)9-10-20(24,25)18(28)21-19-23-22-16(29-19)12(2)3/h5-8,12H,4,9-11H2,1-3H3,(H,21,23,28). The van der Waals surface area contributed by atoms with E-state index in [0.717, 1.165) is 5.01 Å². The molecular weight excluding hydrogens is 390 g/mol. The second kappa shape index (κ2) is 7.22. The maximum absolute atomic E-state index is 13.6. The van der Waals surface area contributed by atoms with Gasteiger partial charge >= 0.3 is 0 Å². The highest BCUT2D eigenvalue weighted by molar-refractivity contribution is 7.15. The molecule has 1 atom stereocenters. The molecule has 3 heterocycles. The second-order valence-electron chi connectivity index (χ2n) is 7.57. The Bertz CT molecular complexity index is 988. The summed E-state index contributed by atoms with van der Waals surface area (Å²) < 4.78 is 0. The van der Waals surface area contributed by atoms with Crippen molar-refractivity contribution >= 4 is 39.9 Å². The average Bonchev–Trinajstić information content (AvgIpc) is 3.31. The molecule has 1 aromatic heterocycles. The van der Waals surface area contributed by atoms with Crippen LogP contribution in [0.2, 0.25) is 0 Å². The minimum atomic E-state index is -1.39. The number of rotatable bonds is 5. The van der Waals surface area contributed by atoms with Crippen molar-refractivity contribution < 1.29 is 14.4 Å². The normalized spacial score (nSPS) is 20.8. The predicted octanol–water partition coefficient (Wildman–Crippen LogP) is 2.99. The van der Waals surface area contributed by atoms with Gasteiger partial charge in [0.1, 0.15) is 5.01 Å². The first-order valence-electron chi connectivity index (χ1n) is 9.79. The minimum absolute atomic E-state index is 0.165. The van der Waals surface area contributed by atoms with Crippen molar-refractivity contribution in [2.45, 2.75) is 51.6 Å². The van der Waals surface area contributed by atoms with Crippen LogP contribution >= 0.6 is 11.3 Å². The summed E-state index contributed by atoms with van der Waals surface area (Å²) in [5.41, 5.74) is -0.456. The number of nitrogens with one attached hydrogen (secondary N) is 1. The van der Waals surface area contributed by atoms with Crippen LogP contribution in [-0.4, -0.2) is 45.0 Å². The molecule has 3 amide bonds. The molecule has 1 N–H and O–H groups in total.